The summed E-state index contributed by atoms with van der Waals surface area (Å²) in [4.78, 5) is 10.3. The maximum atomic E-state index is 13.2. The van der Waals surface area contributed by atoms with E-state index in [-0.39, 0.29) is 23.1 Å². The van der Waals surface area contributed by atoms with Crippen molar-refractivity contribution in [3.63, 3.8) is 0 Å². The molecule has 6 nitrogen and oxygen atoms in total. The maximum Gasteiger partial charge on any atom is 0.331 e. The summed E-state index contributed by atoms with van der Waals surface area (Å²) < 4.78 is 19.1. The van der Waals surface area contributed by atoms with Crippen molar-refractivity contribution in [2.45, 2.75) is 6.61 Å². The molecule has 0 unspecified atom stereocenters. The van der Waals surface area contributed by atoms with Crippen LogP contribution in [0.25, 0.3) is 5.69 Å². The number of halogens is 2. The van der Waals surface area contributed by atoms with Crippen LogP contribution in [-0.4, -0.2) is 21.8 Å². The Morgan fingerprint density at radius 3 is 2.89 bits per heavy atom. The van der Waals surface area contributed by atoms with E-state index in [4.69, 9.17) is 16.3 Å². The molecule has 1 aromatic carbocycles. The molecule has 0 bridgehead atoms. The third kappa shape index (κ3) is 2.56. The molecule has 1 heterocycles. The van der Waals surface area contributed by atoms with Crippen molar-refractivity contribution in [1.29, 1.82) is 0 Å². The van der Waals surface area contributed by atoms with Crippen molar-refractivity contribution in [2.75, 3.05) is 7.11 Å². The fourth-order valence-electron chi connectivity index (χ4n) is 1.62. The van der Waals surface area contributed by atoms with Crippen LogP contribution in [0, 0.1) is 15.9 Å². The van der Waals surface area contributed by atoms with Crippen LogP contribution in [0.1, 0.15) is 5.69 Å². The molecule has 19 heavy (non-hydrogen) atoms. The molecule has 0 amide bonds. The van der Waals surface area contributed by atoms with Gasteiger partial charge in [-0.3, -0.25) is 10.1 Å². The zero-order chi connectivity index (χ0) is 14.0. The summed E-state index contributed by atoms with van der Waals surface area (Å²) in [6, 6.07) is 5.44. The smallest absolute Gasteiger partial charge is 0.331 e. The highest BCUT2D eigenvalue weighted by Gasteiger charge is 2.27. The number of methoxy groups -OCH3 is 1. The lowest BCUT2D eigenvalue weighted by Crippen LogP contribution is -1.98. The summed E-state index contributed by atoms with van der Waals surface area (Å²) in [5.74, 6) is -0.486. The minimum atomic E-state index is -0.639. The Labute approximate surface area is 112 Å². The van der Waals surface area contributed by atoms with Gasteiger partial charge < -0.3 is 4.74 Å². The van der Waals surface area contributed by atoms with E-state index in [1.54, 1.807) is 6.07 Å². The first kappa shape index (κ1) is 13.4. The van der Waals surface area contributed by atoms with Gasteiger partial charge in [0.15, 0.2) is 5.69 Å². The van der Waals surface area contributed by atoms with E-state index in [1.807, 2.05) is 0 Å². The molecule has 0 aliphatic carbocycles. The van der Waals surface area contributed by atoms with Gasteiger partial charge in [-0.2, -0.15) is 5.10 Å². The first-order valence-electron chi connectivity index (χ1n) is 5.21. The predicted molar refractivity (Wildman–Crippen MR) is 65.9 cm³/mol. The van der Waals surface area contributed by atoms with Crippen LogP contribution in [0.5, 0.6) is 0 Å². The zero-order valence-electron chi connectivity index (χ0n) is 9.84. The normalized spacial score (nSPS) is 10.7. The molecular weight excluding hydrogens is 277 g/mol. The highest BCUT2D eigenvalue weighted by molar-refractivity contribution is 6.32. The molecule has 2 aromatic rings. The van der Waals surface area contributed by atoms with E-state index in [0.29, 0.717) is 5.69 Å². The molecule has 8 heteroatoms. The molecular formula is C11H9ClFN3O3. The van der Waals surface area contributed by atoms with Gasteiger partial charge in [0.05, 0.1) is 17.2 Å². The number of benzene rings is 1. The summed E-state index contributed by atoms with van der Waals surface area (Å²) in [7, 11) is 1.39. The first-order valence-corrected chi connectivity index (χ1v) is 5.59. The molecule has 0 saturated carbocycles. The van der Waals surface area contributed by atoms with Gasteiger partial charge in [0.2, 0.25) is 5.15 Å². The molecule has 0 fully saturated rings. The third-order valence-corrected chi connectivity index (χ3v) is 2.73. The van der Waals surface area contributed by atoms with Crippen LogP contribution in [-0.2, 0) is 11.3 Å². The lowest BCUT2D eigenvalue weighted by molar-refractivity contribution is -0.385. The Hall–Kier alpha value is -1.99. The molecule has 0 radical (unpaired) electrons. The Morgan fingerprint density at radius 2 is 2.32 bits per heavy atom. The van der Waals surface area contributed by atoms with Crippen molar-refractivity contribution in [1.82, 2.24) is 9.78 Å². The zero-order valence-corrected chi connectivity index (χ0v) is 10.6. The van der Waals surface area contributed by atoms with Gasteiger partial charge in [0.25, 0.3) is 0 Å². The topological polar surface area (TPSA) is 70.2 Å². The van der Waals surface area contributed by atoms with E-state index in [0.717, 1.165) is 4.68 Å². The molecule has 2 rings (SSSR count). The summed E-state index contributed by atoms with van der Waals surface area (Å²) in [6.45, 7) is -0.0572. The lowest BCUT2D eigenvalue weighted by atomic mass is 10.3. The molecule has 0 aliphatic heterocycles. The second kappa shape index (κ2) is 5.33. The fourth-order valence-corrected chi connectivity index (χ4v) is 1.94. The number of aromatic nitrogens is 2. The SMILES string of the molecule is COCc1nn(-c2cccc(F)c2)c(Cl)c1[N+](=O)[O-]. The van der Waals surface area contributed by atoms with Crippen LogP contribution in [0.4, 0.5) is 10.1 Å². The Kier molecular flexibility index (Phi) is 3.77. The van der Waals surface area contributed by atoms with Gasteiger partial charge in [0.1, 0.15) is 5.82 Å². The maximum absolute atomic E-state index is 13.2. The predicted octanol–water partition coefficient (Wildman–Crippen LogP) is 2.72. The quantitative estimate of drug-likeness (QED) is 0.640. The molecule has 0 spiro atoms. The van der Waals surface area contributed by atoms with Crippen LogP contribution >= 0.6 is 11.6 Å². The molecule has 100 valence electrons. The van der Waals surface area contributed by atoms with E-state index in [9.17, 15) is 14.5 Å². The van der Waals surface area contributed by atoms with Gasteiger partial charge >= 0.3 is 5.69 Å². The number of ether oxygens (including phenoxy) is 1. The van der Waals surface area contributed by atoms with E-state index in [1.165, 1.54) is 25.3 Å². The van der Waals surface area contributed by atoms with Gasteiger partial charge in [-0.1, -0.05) is 17.7 Å². The number of nitrogens with zero attached hydrogens (tertiary/aromatic N) is 3. The summed E-state index contributed by atoms with van der Waals surface area (Å²) in [6.07, 6.45) is 0. The number of rotatable bonds is 4. The lowest BCUT2D eigenvalue weighted by Gasteiger charge is -2.01. The first-order chi connectivity index (χ1) is 9.04. The largest absolute Gasteiger partial charge is 0.378 e. The summed E-state index contributed by atoms with van der Waals surface area (Å²) in [5, 5.41) is 14.8. The molecule has 0 aliphatic rings. The van der Waals surface area contributed by atoms with Gasteiger partial charge in [-0.15, -0.1) is 0 Å². The van der Waals surface area contributed by atoms with Crippen LogP contribution in [0.3, 0.4) is 0 Å². The highest BCUT2D eigenvalue weighted by Crippen LogP contribution is 2.31. The van der Waals surface area contributed by atoms with Crippen molar-refractivity contribution >= 4 is 17.3 Å². The Morgan fingerprint density at radius 1 is 1.58 bits per heavy atom. The van der Waals surface area contributed by atoms with Crippen molar-refractivity contribution in [2.24, 2.45) is 0 Å². The average molecular weight is 286 g/mol. The van der Waals surface area contributed by atoms with Crippen LogP contribution in [0.15, 0.2) is 24.3 Å². The minimum Gasteiger partial charge on any atom is -0.378 e. The van der Waals surface area contributed by atoms with Gasteiger partial charge in [-0.25, -0.2) is 9.07 Å². The number of hydrogen-bond acceptors (Lipinski definition) is 4. The van der Waals surface area contributed by atoms with E-state index < -0.39 is 10.7 Å². The average Bonchev–Trinajstić information content (AvgIpc) is 2.67. The molecule has 1 aromatic heterocycles. The number of nitro groups is 1. The minimum absolute atomic E-state index is 0.0572. The Balaban J connectivity index is 2.59. The second-order valence-electron chi connectivity index (χ2n) is 3.67. The van der Waals surface area contributed by atoms with Crippen molar-refractivity contribution < 1.29 is 14.1 Å². The molecule has 0 N–H and O–H groups in total. The Bertz CT molecular complexity index is 630. The second-order valence-corrected chi connectivity index (χ2v) is 4.03. The standard InChI is InChI=1S/C11H9ClFN3O3/c1-19-6-9-10(16(17)18)11(12)15(14-9)8-4-2-3-7(13)5-8/h2-5H,6H2,1H3. The van der Waals surface area contributed by atoms with E-state index in [2.05, 4.69) is 5.10 Å². The highest BCUT2D eigenvalue weighted by atomic mass is 35.5. The third-order valence-electron chi connectivity index (χ3n) is 2.39. The van der Waals surface area contributed by atoms with Crippen molar-refractivity contribution in [3.05, 3.63) is 51.0 Å². The summed E-state index contributed by atoms with van der Waals surface area (Å²) >= 11 is 5.93. The van der Waals surface area contributed by atoms with Gasteiger partial charge in [-0.05, 0) is 18.2 Å². The van der Waals surface area contributed by atoms with Gasteiger partial charge in [0, 0.05) is 7.11 Å². The van der Waals surface area contributed by atoms with Crippen LogP contribution < -0.4 is 0 Å². The number of hydrogen-bond donors (Lipinski definition) is 0. The monoisotopic (exact) mass is 285 g/mol. The molecule has 0 saturated heterocycles. The van der Waals surface area contributed by atoms with Crippen LogP contribution in [0.2, 0.25) is 5.15 Å². The molecule has 0 atom stereocenters. The fraction of sp³-hybridized carbons (Fsp3) is 0.182. The summed E-state index contributed by atoms with van der Waals surface area (Å²) in [5.41, 5.74) is 0.0463. The van der Waals surface area contributed by atoms with E-state index >= 15 is 0 Å². The van der Waals surface area contributed by atoms with Crippen molar-refractivity contribution in [3.8, 4) is 5.69 Å².